The summed E-state index contributed by atoms with van der Waals surface area (Å²) >= 11 is 0. The highest BCUT2D eigenvalue weighted by Gasteiger charge is 2.24. The Hall–Kier alpha value is -0.730. The fraction of sp³-hybridized carbons (Fsp3) is 0.909. The predicted octanol–water partition coefficient (Wildman–Crippen LogP) is 1.65. The summed E-state index contributed by atoms with van der Waals surface area (Å²) in [5.74, 6) is 1.92. The Morgan fingerprint density at radius 3 is 2.64 bits per heavy atom. The SMILES string of the molecule is CC(C)CCN1C(N(C)C)=NC[C@@H]1C. The Balaban J connectivity index is 2.51. The largest absolute Gasteiger partial charge is 0.349 e. The molecule has 82 valence electrons. The lowest BCUT2D eigenvalue weighted by Gasteiger charge is -2.29. The molecule has 0 aromatic carbocycles. The van der Waals surface area contributed by atoms with Crippen molar-refractivity contribution in [3.8, 4) is 0 Å². The maximum absolute atomic E-state index is 4.54. The zero-order chi connectivity index (χ0) is 10.7. The van der Waals surface area contributed by atoms with Gasteiger partial charge >= 0.3 is 0 Å². The molecule has 1 rings (SSSR count). The molecule has 0 bridgehead atoms. The van der Waals surface area contributed by atoms with E-state index in [2.05, 4.69) is 49.7 Å². The summed E-state index contributed by atoms with van der Waals surface area (Å²) in [5.41, 5.74) is 0. The van der Waals surface area contributed by atoms with Gasteiger partial charge in [0.2, 0.25) is 0 Å². The van der Waals surface area contributed by atoms with Gasteiger partial charge in [0.25, 0.3) is 0 Å². The van der Waals surface area contributed by atoms with Gasteiger partial charge in [-0.25, -0.2) is 0 Å². The molecule has 3 nitrogen and oxygen atoms in total. The third kappa shape index (κ3) is 2.63. The second-order valence-corrected chi connectivity index (χ2v) is 4.76. The topological polar surface area (TPSA) is 18.8 Å². The van der Waals surface area contributed by atoms with Crippen molar-refractivity contribution in [3.05, 3.63) is 0 Å². The van der Waals surface area contributed by atoms with E-state index >= 15 is 0 Å². The van der Waals surface area contributed by atoms with Crippen LogP contribution in [0.25, 0.3) is 0 Å². The van der Waals surface area contributed by atoms with Crippen molar-refractivity contribution in [2.24, 2.45) is 10.9 Å². The average Bonchev–Trinajstić information content (AvgIpc) is 2.43. The molecule has 0 aromatic heterocycles. The minimum Gasteiger partial charge on any atom is -0.349 e. The maximum Gasteiger partial charge on any atom is 0.196 e. The van der Waals surface area contributed by atoms with Gasteiger partial charge in [-0.2, -0.15) is 0 Å². The molecule has 1 atom stereocenters. The molecule has 0 aliphatic carbocycles. The fourth-order valence-corrected chi connectivity index (χ4v) is 1.72. The molecule has 0 fully saturated rings. The number of rotatable bonds is 3. The van der Waals surface area contributed by atoms with Gasteiger partial charge in [-0.1, -0.05) is 13.8 Å². The van der Waals surface area contributed by atoms with Crippen molar-refractivity contribution >= 4 is 5.96 Å². The highest BCUT2D eigenvalue weighted by molar-refractivity contribution is 5.81. The van der Waals surface area contributed by atoms with Crippen LogP contribution in [0.5, 0.6) is 0 Å². The van der Waals surface area contributed by atoms with Gasteiger partial charge in [-0.3, -0.25) is 4.99 Å². The summed E-state index contributed by atoms with van der Waals surface area (Å²) in [6, 6.07) is 0.575. The van der Waals surface area contributed by atoms with Crippen LogP contribution in [0.3, 0.4) is 0 Å². The normalized spacial score (nSPS) is 21.7. The van der Waals surface area contributed by atoms with Crippen LogP contribution in [0.1, 0.15) is 27.2 Å². The highest BCUT2D eigenvalue weighted by atomic mass is 15.4. The van der Waals surface area contributed by atoms with Crippen LogP contribution in [0, 0.1) is 5.92 Å². The molecular formula is C11H23N3. The number of aliphatic imine (C=N–C) groups is 1. The van der Waals surface area contributed by atoms with E-state index in [0.29, 0.717) is 6.04 Å². The Morgan fingerprint density at radius 1 is 1.50 bits per heavy atom. The minimum absolute atomic E-state index is 0.575. The molecule has 0 N–H and O–H groups in total. The number of guanidine groups is 1. The Bertz CT molecular complexity index is 209. The van der Waals surface area contributed by atoms with Crippen LogP contribution in [0.2, 0.25) is 0 Å². The maximum atomic E-state index is 4.54. The Labute approximate surface area is 87.8 Å². The van der Waals surface area contributed by atoms with Crippen LogP contribution in [-0.2, 0) is 0 Å². The van der Waals surface area contributed by atoms with Crippen molar-refractivity contribution in [2.75, 3.05) is 27.2 Å². The summed E-state index contributed by atoms with van der Waals surface area (Å²) < 4.78 is 0. The first-order valence-electron chi connectivity index (χ1n) is 5.50. The molecule has 0 amide bonds. The standard InChI is InChI=1S/C11H23N3/c1-9(2)6-7-14-10(3)8-12-11(14)13(4)5/h9-10H,6-8H2,1-5H3/t10-/m0/s1. The van der Waals surface area contributed by atoms with E-state index in [1.165, 1.54) is 6.42 Å². The molecule has 0 saturated heterocycles. The van der Waals surface area contributed by atoms with E-state index in [9.17, 15) is 0 Å². The quantitative estimate of drug-likeness (QED) is 0.685. The van der Waals surface area contributed by atoms with Gasteiger partial charge in [0, 0.05) is 26.7 Å². The van der Waals surface area contributed by atoms with E-state index in [4.69, 9.17) is 0 Å². The summed E-state index contributed by atoms with van der Waals surface area (Å²) in [5, 5.41) is 0. The zero-order valence-electron chi connectivity index (χ0n) is 10.1. The average molecular weight is 197 g/mol. The number of hydrogen-bond donors (Lipinski definition) is 0. The first kappa shape index (κ1) is 11.3. The van der Waals surface area contributed by atoms with E-state index in [1.54, 1.807) is 0 Å². The highest BCUT2D eigenvalue weighted by Crippen LogP contribution is 2.13. The minimum atomic E-state index is 0.575. The van der Waals surface area contributed by atoms with Gasteiger partial charge in [0.1, 0.15) is 0 Å². The van der Waals surface area contributed by atoms with Gasteiger partial charge in [0.15, 0.2) is 5.96 Å². The molecule has 0 radical (unpaired) electrons. The summed E-state index contributed by atoms with van der Waals surface area (Å²) in [4.78, 5) is 9.08. The van der Waals surface area contributed by atoms with E-state index in [0.717, 1.165) is 25.0 Å². The van der Waals surface area contributed by atoms with Gasteiger partial charge in [-0.05, 0) is 19.3 Å². The predicted molar refractivity (Wildman–Crippen MR) is 61.6 cm³/mol. The molecular weight excluding hydrogens is 174 g/mol. The van der Waals surface area contributed by atoms with Crippen molar-refractivity contribution in [1.29, 1.82) is 0 Å². The fourth-order valence-electron chi connectivity index (χ4n) is 1.72. The van der Waals surface area contributed by atoms with Gasteiger partial charge in [-0.15, -0.1) is 0 Å². The first-order chi connectivity index (χ1) is 6.52. The second kappa shape index (κ2) is 4.67. The lowest BCUT2D eigenvalue weighted by Crippen LogP contribution is -2.42. The Kier molecular flexibility index (Phi) is 3.78. The summed E-state index contributed by atoms with van der Waals surface area (Å²) in [7, 11) is 4.14. The van der Waals surface area contributed by atoms with E-state index < -0.39 is 0 Å². The molecule has 0 saturated carbocycles. The molecule has 0 aromatic rings. The van der Waals surface area contributed by atoms with Crippen molar-refractivity contribution < 1.29 is 0 Å². The van der Waals surface area contributed by atoms with Crippen LogP contribution < -0.4 is 0 Å². The van der Waals surface area contributed by atoms with Crippen LogP contribution in [-0.4, -0.2) is 49.0 Å². The third-order valence-corrected chi connectivity index (χ3v) is 2.63. The van der Waals surface area contributed by atoms with Crippen LogP contribution in [0.15, 0.2) is 4.99 Å². The molecule has 1 aliphatic rings. The van der Waals surface area contributed by atoms with Crippen molar-refractivity contribution in [1.82, 2.24) is 9.80 Å². The number of nitrogens with zero attached hydrogens (tertiary/aromatic N) is 3. The van der Waals surface area contributed by atoms with Crippen LogP contribution >= 0.6 is 0 Å². The summed E-state index contributed by atoms with van der Waals surface area (Å²) in [6.07, 6.45) is 1.25. The number of hydrogen-bond acceptors (Lipinski definition) is 3. The van der Waals surface area contributed by atoms with E-state index in [-0.39, 0.29) is 0 Å². The summed E-state index contributed by atoms with van der Waals surface area (Å²) in [6.45, 7) is 8.88. The third-order valence-electron chi connectivity index (χ3n) is 2.63. The second-order valence-electron chi connectivity index (χ2n) is 4.76. The zero-order valence-corrected chi connectivity index (χ0v) is 10.1. The molecule has 0 spiro atoms. The molecule has 3 heteroatoms. The van der Waals surface area contributed by atoms with Crippen molar-refractivity contribution in [3.63, 3.8) is 0 Å². The Morgan fingerprint density at radius 2 is 2.14 bits per heavy atom. The molecule has 1 aliphatic heterocycles. The molecule has 1 heterocycles. The van der Waals surface area contributed by atoms with Crippen LogP contribution in [0.4, 0.5) is 0 Å². The molecule has 14 heavy (non-hydrogen) atoms. The lowest BCUT2D eigenvalue weighted by atomic mass is 10.1. The molecule has 0 unspecified atom stereocenters. The first-order valence-corrected chi connectivity index (χ1v) is 5.50. The smallest absolute Gasteiger partial charge is 0.196 e. The lowest BCUT2D eigenvalue weighted by molar-refractivity contribution is 0.310. The van der Waals surface area contributed by atoms with Crippen molar-refractivity contribution in [2.45, 2.75) is 33.2 Å². The van der Waals surface area contributed by atoms with Gasteiger partial charge < -0.3 is 9.80 Å². The van der Waals surface area contributed by atoms with Gasteiger partial charge in [0.05, 0.1) is 6.54 Å². The van der Waals surface area contributed by atoms with E-state index in [1.807, 2.05) is 0 Å². The monoisotopic (exact) mass is 197 g/mol.